The lowest BCUT2D eigenvalue weighted by molar-refractivity contribution is 0.497. The van der Waals surface area contributed by atoms with Crippen LogP contribution in [0, 0.1) is 35.1 Å². The summed E-state index contributed by atoms with van der Waals surface area (Å²) in [6.07, 6.45) is 4.79. The van der Waals surface area contributed by atoms with Crippen molar-refractivity contribution in [1.29, 1.82) is 0 Å². The molecule has 0 aromatic heterocycles. The number of fused-ring (bicyclic) bond motifs is 1. The molecule has 0 fully saturated rings. The van der Waals surface area contributed by atoms with E-state index in [1.807, 2.05) is 19.1 Å². The van der Waals surface area contributed by atoms with Crippen molar-refractivity contribution in [2.24, 2.45) is 0 Å². The molecule has 0 amide bonds. The quantitative estimate of drug-likeness (QED) is 0.289. The monoisotopic (exact) mass is 368 g/mol. The van der Waals surface area contributed by atoms with Crippen LogP contribution in [0.3, 0.4) is 0 Å². The van der Waals surface area contributed by atoms with Gasteiger partial charge < -0.3 is 0 Å². The van der Waals surface area contributed by atoms with Gasteiger partial charge in [0.15, 0.2) is 23.3 Å². The summed E-state index contributed by atoms with van der Waals surface area (Å²) in [4.78, 5) is 0. The minimum absolute atomic E-state index is 0.0485. The number of hydrogen-bond acceptors (Lipinski definition) is 0. The van der Waals surface area contributed by atoms with Crippen LogP contribution in [-0.2, 0) is 6.42 Å². The maximum atomic E-state index is 14.2. The Labute approximate surface area is 155 Å². The van der Waals surface area contributed by atoms with E-state index in [1.165, 1.54) is 12.1 Å². The highest BCUT2D eigenvalue weighted by Crippen LogP contribution is 2.20. The van der Waals surface area contributed by atoms with Crippen molar-refractivity contribution in [2.75, 3.05) is 0 Å². The van der Waals surface area contributed by atoms with Crippen LogP contribution in [0.1, 0.15) is 30.0 Å². The zero-order valence-electron chi connectivity index (χ0n) is 14.6. The Morgan fingerprint density at radius 2 is 1.56 bits per heavy atom. The Kier molecular flexibility index (Phi) is 5.61. The zero-order chi connectivity index (χ0) is 19.4. The van der Waals surface area contributed by atoms with Crippen LogP contribution in [-0.4, -0.2) is 0 Å². The van der Waals surface area contributed by atoms with Crippen molar-refractivity contribution in [3.63, 3.8) is 0 Å². The number of allylic oxidation sites excluding steroid dienone is 2. The van der Waals surface area contributed by atoms with E-state index in [4.69, 9.17) is 0 Å². The molecule has 0 unspecified atom stereocenters. The Balaban J connectivity index is 1.90. The van der Waals surface area contributed by atoms with E-state index in [0.717, 1.165) is 12.1 Å². The molecule has 27 heavy (non-hydrogen) atoms. The van der Waals surface area contributed by atoms with Crippen molar-refractivity contribution in [1.82, 2.24) is 0 Å². The number of rotatable bonds is 3. The fourth-order valence-corrected chi connectivity index (χ4v) is 2.74. The van der Waals surface area contributed by atoms with E-state index in [-0.39, 0.29) is 5.56 Å². The number of aryl methyl sites for hydroxylation is 1. The summed E-state index contributed by atoms with van der Waals surface area (Å²) < 4.78 is 55.0. The molecule has 0 nitrogen and oxygen atoms in total. The second-order valence-corrected chi connectivity index (χ2v) is 6.09. The predicted octanol–water partition coefficient (Wildman–Crippen LogP) is 6.30. The molecular formula is C23H16F4. The largest absolute Gasteiger partial charge is 0.204 e. The summed E-state index contributed by atoms with van der Waals surface area (Å²) in [5, 5.41) is 1.01. The Bertz CT molecular complexity index is 1080. The van der Waals surface area contributed by atoms with E-state index < -0.39 is 23.3 Å². The first-order valence-corrected chi connectivity index (χ1v) is 8.48. The third-order valence-corrected chi connectivity index (χ3v) is 4.20. The molecule has 0 aliphatic carbocycles. The first-order chi connectivity index (χ1) is 13.0. The Morgan fingerprint density at radius 3 is 2.30 bits per heavy atom. The zero-order valence-corrected chi connectivity index (χ0v) is 14.6. The van der Waals surface area contributed by atoms with Crippen LogP contribution < -0.4 is 0 Å². The predicted molar refractivity (Wildman–Crippen MR) is 99.3 cm³/mol. The van der Waals surface area contributed by atoms with E-state index in [0.29, 0.717) is 34.7 Å². The summed E-state index contributed by atoms with van der Waals surface area (Å²) in [6, 6.07) is 9.95. The minimum Gasteiger partial charge on any atom is -0.204 e. The maximum absolute atomic E-state index is 14.2. The highest BCUT2D eigenvalue weighted by molar-refractivity contribution is 5.84. The summed E-state index contributed by atoms with van der Waals surface area (Å²) in [7, 11) is 0. The lowest BCUT2D eigenvalue weighted by Gasteiger charge is -2.04. The molecule has 0 N–H and O–H groups in total. The van der Waals surface area contributed by atoms with Gasteiger partial charge in [0.1, 0.15) is 0 Å². The van der Waals surface area contributed by atoms with Gasteiger partial charge in [-0.2, -0.15) is 0 Å². The van der Waals surface area contributed by atoms with Crippen LogP contribution >= 0.6 is 0 Å². The molecule has 4 heteroatoms. The molecule has 3 rings (SSSR count). The van der Waals surface area contributed by atoms with Crippen molar-refractivity contribution in [3.05, 3.63) is 94.6 Å². The van der Waals surface area contributed by atoms with Crippen LogP contribution in [0.4, 0.5) is 17.6 Å². The number of hydrogen-bond donors (Lipinski definition) is 0. The molecule has 0 spiro atoms. The van der Waals surface area contributed by atoms with Crippen LogP contribution in [0.2, 0.25) is 0 Å². The summed E-state index contributed by atoms with van der Waals surface area (Å²) >= 11 is 0. The van der Waals surface area contributed by atoms with E-state index in [9.17, 15) is 17.6 Å². The van der Waals surface area contributed by atoms with E-state index in [1.54, 1.807) is 18.2 Å². The first kappa shape index (κ1) is 18.7. The minimum atomic E-state index is -0.977. The van der Waals surface area contributed by atoms with Gasteiger partial charge in [0, 0.05) is 5.56 Å². The van der Waals surface area contributed by atoms with Crippen molar-refractivity contribution in [2.45, 2.75) is 19.8 Å². The molecular weight excluding hydrogens is 352 g/mol. The molecule has 0 saturated heterocycles. The van der Waals surface area contributed by atoms with Gasteiger partial charge in [0.25, 0.3) is 0 Å². The lowest BCUT2D eigenvalue weighted by atomic mass is 10.0. The van der Waals surface area contributed by atoms with Gasteiger partial charge >= 0.3 is 0 Å². The van der Waals surface area contributed by atoms with Gasteiger partial charge in [0.2, 0.25) is 0 Å². The summed E-state index contributed by atoms with van der Waals surface area (Å²) in [6.45, 7) is 1.87. The first-order valence-electron chi connectivity index (χ1n) is 8.48. The highest BCUT2D eigenvalue weighted by Gasteiger charge is 2.11. The van der Waals surface area contributed by atoms with Gasteiger partial charge in [-0.05, 0) is 66.4 Å². The number of halogens is 4. The van der Waals surface area contributed by atoms with Gasteiger partial charge in [-0.1, -0.05) is 36.1 Å². The van der Waals surface area contributed by atoms with Crippen molar-refractivity contribution >= 4 is 10.8 Å². The second kappa shape index (κ2) is 8.09. The van der Waals surface area contributed by atoms with Crippen molar-refractivity contribution < 1.29 is 17.6 Å². The molecule has 0 aliphatic rings. The topological polar surface area (TPSA) is 0 Å². The van der Waals surface area contributed by atoms with Crippen LogP contribution in [0.5, 0.6) is 0 Å². The molecule has 3 aromatic rings. The molecule has 136 valence electrons. The normalized spacial score (nSPS) is 11.0. The smallest absolute Gasteiger partial charge is 0.174 e. The number of benzene rings is 3. The average Bonchev–Trinajstić information content (AvgIpc) is 2.65. The molecule has 0 bridgehead atoms. The molecule has 3 aromatic carbocycles. The standard InChI is InChI=1S/C23H16F4/c1-2-3-4-5-16-10-11-17(23(27)22(16)26)8-6-15-7-9-18-13-20(24)21(25)14-19(18)12-15/h2-3,7,9-14H,4-5H2,1H3/b3-2+. The van der Waals surface area contributed by atoms with E-state index in [2.05, 4.69) is 11.8 Å². The Morgan fingerprint density at radius 1 is 0.815 bits per heavy atom. The Hall–Kier alpha value is -3.06. The molecule has 0 atom stereocenters. The summed E-state index contributed by atoms with van der Waals surface area (Å²) in [5.74, 6) is 1.61. The van der Waals surface area contributed by atoms with Gasteiger partial charge in [-0.3, -0.25) is 0 Å². The van der Waals surface area contributed by atoms with Gasteiger partial charge in [0.05, 0.1) is 5.56 Å². The maximum Gasteiger partial charge on any atom is 0.174 e. The third-order valence-electron chi connectivity index (χ3n) is 4.20. The van der Waals surface area contributed by atoms with Gasteiger partial charge in [-0.15, -0.1) is 0 Å². The molecule has 0 radical (unpaired) electrons. The average molecular weight is 368 g/mol. The molecule has 0 heterocycles. The van der Waals surface area contributed by atoms with Crippen LogP contribution in [0.25, 0.3) is 10.8 Å². The molecule has 0 saturated carbocycles. The second-order valence-electron chi connectivity index (χ2n) is 6.09. The summed E-state index contributed by atoms with van der Waals surface area (Å²) in [5.41, 5.74) is 0.748. The third kappa shape index (κ3) is 4.20. The van der Waals surface area contributed by atoms with Gasteiger partial charge in [-0.25, -0.2) is 17.6 Å². The van der Waals surface area contributed by atoms with Crippen molar-refractivity contribution in [3.8, 4) is 11.8 Å². The fourth-order valence-electron chi connectivity index (χ4n) is 2.74. The SMILES string of the molecule is C/C=C/CCc1ccc(C#Cc2ccc3cc(F)c(F)cc3c2)c(F)c1F. The fraction of sp³-hybridized carbons (Fsp3) is 0.130. The van der Waals surface area contributed by atoms with E-state index >= 15 is 0 Å². The highest BCUT2D eigenvalue weighted by atomic mass is 19.2. The van der Waals surface area contributed by atoms with Crippen LogP contribution in [0.15, 0.2) is 54.6 Å². The lowest BCUT2D eigenvalue weighted by Crippen LogP contribution is -1.97. The molecule has 0 aliphatic heterocycles.